The highest BCUT2D eigenvalue weighted by Crippen LogP contribution is 2.56. The van der Waals surface area contributed by atoms with Gasteiger partial charge in [-0.3, -0.25) is 0 Å². The van der Waals surface area contributed by atoms with Crippen molar-refractivity contribution in [1.29, 1.82) is 0 Å². The summed E-state index contributed by atoms with van der Waals surface area (Å²) in [6.45, 7) is 16.3. The van der Waals surface area contributed by atoms with Crippen LogP contribution in [0.3, 0.4) is 0 Å². The van der Waals surface area contributed by atoms with Crippen molar-refractivity contribution in [2.75, 3.05) is 13.2 Å². The largest absolute Gasteiger partial charge is 0.462 e. The highest BCUT2D eigenvalue weighted by Gasteiger charge is 2.46. The Hall–Kier alpha value is -4.70. The maximum absolute atomic E-state index is 11.6. The van der Waals surface area contributed by atoms with Crippen LogP contribution in [0.2, 0.25) is 0 Å². The van der Waals surface area contributed by atoms with Crippen LogP contribution in [-0.2, 0) is 37.3 Å². The summed E-state index contributed by atoms with van der Waals surface area (Å²) in [5, 5.41) is 0. The molecule has 0 radical (unpaired) electrons. The van der Waals surface area contributed by atoms with E-state index in [0.717, 1.165) is 12.8 Å². The number of esters is 2. The molecule has 0 amide bonds. The summed E-state index contributed by atoms with van der Waals surface area (Å²) in [6.07, 6.45) is 4.04. The SMILES string of the molecule is C=CC(=O)OCC(C)Cc1ccc(C2(c3ccc(CC(C)COC(=O)C=C)c(C)c3)c3ccccc3-c3ccccc32)cc1C. The average molecular weight is 599 g/mol. The molecule has 0 aliphatic heterocycles. The fraction of sp³-hybridized carbons (Fsp3) is 0.268. The molecule has 1 aliphatic carbocycles. The lowest BCUT2D eigenvalue weighted by atomic mass is 9.66. The van der Waals surface area contributed by atoms with Crippen LogP contribution in [0.5, 0.6) is 0 Å². The van der Waals surface area contributed by atoms with E-state index in [1.807, 2.05) is 0 Å². The minimum Gasteiger partial charge on any atom is -0.462 e. The zero-order valence-corrected chi connectivity index (χ0v) is 26.8. The molecular weight excluding hydrogens is 556 g/mol. The van der Waals surface area contributed by atoms with E-state index in [4.69, 9.17) is 9.47 Å². The quantitative estimate of drug-likeness (QED) is 0.107. The second-order valence-corrected chi connectivity index (χ2v) is 12.4. The molecule has 4 heteroatoms. The first-order valence-corrected chi connectivity index (χ1v) is 15.7. The van der Waals surface area contributed by atoms with E-state index in [1.165, 1.54) is 67.8 Å². The number of carbonyl (C=O) groups excluding carboxylic acids is 2. The minimum absolute atomic E-state index is 0.179. The third-order valence-electron chi connectivity index (χ3n) is 8.99. The summed E-state index contributed by atoms with van der Waals surface area (Å²) in [6, 6.07) is 31.3. The summed E-state index contributed by atoms with van der Waals surface area (Å²) in [7, 11) is 0. The Labute approximate surface area is 267 Å². The molecule has 0 N–H and O–H groups in total. The first-order chi connectivity index (χ1) is 21.7. The first kappa shape index (κ1) is 31.7. The third kappa shape index (κ3) is 6.28. The van der Waals surface area contributed by atoms with Crippen LogP contribution in [-0.4, -0.2) is 25.2 Å². The lowest BCUT2D eigenvalue weighted by Crippen LogP contribution is -2.29. The maximum atomic E-state index is 11.6. The van der Waals surface area contributed by atoms with E-state index in [9.17, 15) is 9.59 Å². The number of hydrogen-bond acceptors (Lipinski definition) is 4. The van der Waals surface area contributed by atoms with Crippen LogP contribution < -0.4 is 0 Å². The van der Waals surface area contributed by atoms with Crippen LogP contribution in [0.15, 0.2) is 110 Å². The second kappa shape index (κ2) is 13.5. The van der Waals surface area contributed by atoms with Gasteiger partial charge in [0, 0.05) is 12.2 Å². The Kier molecular flexibility index (Phi) is 9.53. The molecule has 0 spiro atoms. The van der Waals surface area contributed by atoms with Gasteiger partial charge in [0.15, 0.2) is 0 Å². The summed E-state index contributed by atoms with van der Waals surface area (Å²) in [4.78, 5) is 23.2. The van der Waals surface area contributed by atoms with E-state index < -0.39 is 5.41 Å². The molecule has 230 valence electrons. The molecule has 0 fully saturated rings. The number of hydrogen-bond donors (Lipinski definition) is 0. The van der Waals surface area contributed by atoms with Crippen molar-refractivity contribution in [3.8, 4) is 11.1 Å². The van der Waals surface area contributed by atoms with Crippen molar-refractivity contribution < 1.29 is 19.1 Å². The zero-order valence-electron chi connectivity index (χ0n) is 26.8. The molecule has 4 aromatic carbocycles. The van der Waals surface area contributed by atoms with Gasteiger partial charge in [0.1, 0.15) is 0 Å². The van der Waals surface area contributed by atoms with Crippen molar-refractivity contribution in [2.24, 2.45) is 11.8 Å². The van der Waals surface area contributed by atoms with Crippen LogP contribution in [0.1, 0.15) is 58.4 Å². The van der Waals surface area contributed by atoms with Gasteiger partial charge < -0.3 is 9.47 Å². The lowest BCUT2D eigenvalue weighted by Gasteiger charge is -2.35. The Balaban J connectivity index is 1.58. The Morgan fingerprint density at radius 3 is 1.44 bits per heavy atom. The molecule has 4 aromatic rings. The monoisotopic (exact) mass is 598 g/mol. The van der Waals surface area contributed by atoms with Gasteiger partial charge in [-0.2, -0.15) is 0 Å². The average Bonchev–Trinajstić information content (AvgIpc) is 3.35. The predicted octanol–water partition coefficient (Wildman–Crippen LogP) is 8.48. The maximum Gasteiger partial charge on any atom is 0.330 e. The standard InChI is InChI=1S/C41H42O4/c1-7-39(42)44-25-27(3)21-31-17-19-33(23-29(31)5)41(37-15-11-9-13-35(37)36-14-10-12-16-38(36)41)34-20-18-32(30(6)24-34)22-28(4)26-45-40(43)8-2/h7-20,23-24,27-28H,1-2,21-22,25-26H2,3-6H3. The van der Waals surface area contributed by atoms with Gasteiger partial charge in [-0.25, -0.2) is 9.59 Å². The van der Waals surface area contributed by atoms with E-state index in [1.54, 1.807) is 0 Å². The third-order valence-corrected chi connectivity index (χ3v) is 8.99. The second-order valence-electron chi connectivity index (χ2n) is 12.4. The highest BCUT2D eigenvalue weighted by atomic mass is 16.5. The Bertz CT molecular complexity index is 1620. The molecular formula is C41H42O4. The van der Waals surface area contributed by atoms with Crippen LogP contribution in [0.4, 0.5) is 0 Å². The molecule has 0 bridgehead atoms. The van der Waals surface area contributed by atoms with Crippen LogP contribution >= 0.6 is 0 Å². The van der Waals surface area contributed by atoms with Gasteiger partial charge in [0.05, 0.1) is 18.6 Å². The molecule has 45 heavy (non-hydrogen) atoms. The van der Waals surface area contributed by atoms with Crippen molar-refractivity contribution in [3.63, 3.8) is 0 Å². The summed E-state index contributed by atoms with van der Waals surface area (Å²) in [5.41, 5.74) is 11.9. The van der Waals surface area contributed by atoms with Gasteiger partial charge in [0.25, 0.3) is 0 Å². The predicted molar refractivity (Wildman–Crippen MR) is 181 cm³/mol. The molecule has 2 atom stereocenters. The first-order valence-electron chi connectivity index (χ1n) is 15.7. The molecule has 5 rings (SSSR count). The smallest absolute Gasteiger partial charge is 0.330 e. The molecule has 0 saturated heterocycles. The number of aryl methyl sites for hydroxylation is 2. The number of fused-ring (bicyclic) bond motifs is 3. The van der Waals surface area contributed by atoms with Gasteiger partial charge in [-0.1, -0.05) is 112 Å². The van der Waals surface area contributed by atoms with E-state index in [0.29, 0.717) is 13.2 Å². The van der Waals surface area contributed by atoms with Crippen molar-refractivity contribution in [3.05, 3.63) is 155 Å². The summed E-state index contributed by atoms with van der Waals surface area (Å²) < 4.78 is 10.6. The van der Waals surface area contributed by atoms with E-state index in [2.05, 4.69) is 126 Å². The fourth-order valence-electron chi connectivity index (χ4n) is 6.78. The Morgan fingerprint density at radius 2 is 1.07 bits per heavy atom. The van der Waals surface area contributed by atoms with Crippen molar-refractivity contribution >= 4 is 11.9 Å². The van der Waals surface area contributed by atoms with Crippen molar-refractivity contribution in [2.45, 2.75) is 46.0 Å². The molecule has 0 saturated carbocycles. The molecule has 4 nitrogen and oxygen atoms in total. The topological polar surface area (TPSA) is 52.6 Å². The van der Waals surface area contributed by atoms with E-state index in [-0.39, 0.29) is 23.8 Å². The Morgan fingerprint density at radius 1 is 0.667 bits per heavy atom. The lowest BCUT2D eigenvalue weighted by molar-refractivity contribution is -0.139. The van der Waals surface area contributed by atoms with E-state index >= 15 is 0 Å². The number of benzene rings is 4. The number of carbonyl (C=O) groups is 2. The van der Waals surface area contributed by atoms with Crippen LogP contribution in [0, 0.1) is 25.7 Å². The number of ether oxygens (including phenoxy) is 2. The fourth-order valence-corrected chi connectivity index (χ4v) is 6.78. The normalized spacial score (nSPS) is 14.0. The highest BCUT2D eigenvalue weighted by molar-refractivity contribution is 5.86. The molecule has 2 unspecified atom stereocenters. The van der Waals surface area contributed by atoms with Crippen LogP contribution in [0.25, 0.3) is 11.1 Å². The van der Waals surface area contributed by atoms with Crippen molar-refractivity contribution in [1.82, 2.24) is 0 Å². The summed E-state index contributed by atoms with van der Waals surface area (Å²) in [5.74, 6) is -0.418. The van der Waals surface area contributed by atoms with Gasteiger partial charge >= 0.3 is 11.9 Å². The summed E-state index contributed by atoms with van der Waals surface area (Å²) >= 11 is 0. The molecule has 1 aliphatic rings. The van der Waals surface area contributed by atoms with Gasteiger partial charge in [-0.15, -0.1) is 0 Å². The number of rotatable bonds is 12. The van der Waals surface area contributed by atoms with Gasteiger partial charge in [0.2, 0.25) is 0 Å². The zero-order chi connectivity index (χ0) is 32.1. The molecule has 0 aromatic heterocycles. The molecule has 0 heterocycles. The van der Waals surface area contributed by atoms with Gasteiger partial charge in [-0.05, 0) is 94.2 Å². The minimum atomic E-state index is -0.490.